The lowest BCUT2D eigenvalue weighted by molar-refractivity contribution is 0.701. The third-order valence-electron chi connectivity index (χ3n) is 23.4. The minimum Gasteiger partial charge on any atom is -0.356 e. The highest BCUT2D eigenvalue weighted by Gasteiger charge is 2.56. The summed E-state index contributed by atoms with van der Waals surface area (Å²) in [7, 11) is 0. The molecule has 4 aliphatic rings. The van der Waals surface area contributed by atoms with Crippen molar-refractivity contribution in [3.63, 3.8) is 0 Å². The maximum atomic E-state index is 3.70. The Morgan fingerprint density at radius 2 is 0.611 bits per heavy atom. The molecule has 20 aromatic rings. The quantitative estimate of drug-likeness (QED) is 0.156. The predicted molar refractivity (Wildman–Crippen MR) is 459 cm³/mol. The zero-order valence-electron chi connectivity index (χ0n) is 58.2. The summed E-state index contributed by atoms with van der Waals surface area (Å²) < 4.78 is 5.91. The van der Waals surface area contributed by atoms with Gasteiger partial charge in [0.05, 0.1) is 38.6 Å². The van der Waals surface area contributed by atoms with Gasteiger partial charge in [0.1, 0.15) is 0 Å². The molecule has 0 amide bonds. The fourth-order valence-corrected chi connectivity index (χ4v) is 19.4. The number of halogens is 1. The maximum absolute atomic E-state index is 3.70. The second-order valence-electron chi connectivity index (χ2n) is 28.7. The van der Waals surface area contributed by atoms with Crippen LogP contribution in [-0.4, -0.2) is 9.13 Å². The van der Waals surface area contributed by atoms with E-state index in [1.54, 1.807) is 0 Å². The lowest BCUT2D eigenvalue weighted by Crippen LogP contribution is -2.43. The van der Waals surface area contributed by atoms with Gasteiger partial charge in [-0.2, -0.15) is 0 Å². The zero-order valence-corrected chi connectivity index (χ0v) is 59.8. The molecule has 0 saturated heterocycles. The molecular formula is C103H69BrN4. The van der Waals surface area contributed by atoms with Gasteiger partial charge >= 0.3 is 0 Å². The molecule has 0 atom stereocenters. The molecule has 4 nitrogen and oxygen atoms in total. The first-order valence-corrected chi connectivity index (χ1v) is 37.7. The van der Waals surface area contributed by atoms with Gasteiger partial charge in [0.25, 0.3) is 0 Å². The van der Waals surface area contributed by atoms with E-state index in [0.29, 0.717) is 0 Å². The summed E-state index contributed by atoms with van der Waals surface area (Å²) in [5, 5.41) is 19.6. The third kappa shape index (κ3) is 9.09. The first-order chi connectivity index (χ1) is 53.0. The van der Waals surface area contributed by atoms with Crippen LogP contribution in [0.4, 0.5) is 28.4 Å². The van der Waals surface area contributed by atoms with Gasteiger partial charge in [0, 0.05) is 65.5 Å². The number of hydrogen-bond donors (Lipinski definition) is 1. The van der Waals surface area contributed by atoms with Crippen molar-refractivity contribution in [2.24, 2.45) is 0 Å². The largest absolute Gasteiger partial charge is 0.356 e. The SMILES string of the molecule is Brc1ccc2c3c(cccc13)C21c2cccc3cccc1c23.C.c1ccc(-c2ccc(N(c3ccc4c(c3)c3ccccc3n4-c3ccccc3)c3ccc4c5c(cccc35)C43c4cccc5cccc3c45)cc2)cc1.c1ccc(-c2ccc(Nc3ccc4c(c3)c3ccccc3n4-c3ccccc3)cc2)cc1. The number of benzene rings is 18. The average molecular weight is 1440 g/mol. The Labute approximate surface area is 635 Å². The van der Waals surface area contributed by atoms with Gasteiger partial charge < -0.3 is 19.4 Å². The van der Waals surface area contributed by atoms with Gasteiger partial charge in [-0.3, -0.25) is 0 Å². The summed E-state index contributed by atoms with van der Waals surface area (Å²) in [5.41, 5.74) is 29.1. The fraction of sp³-hybridized carbons (Fsp3) is 0.0291. The van der Waals surface area contributed by atoms with E-state index in [4.69, 9.17) is 0 Å². The predicted octanol–water partition coefficient (Wildman–Crippen LogP) is 27.8. The van der Waals surface area contributed by atoms with Crippen LogP contribution < -0.4 is 10.2 Å². The number of rotatable bonds is 9. The summed E-state index contributed by atoms with van der Waals surface area (Å²) in [6, 6.07) is 141. The number of nitrogens with one attached hydrogen (secondary N) is 1. The molecule has 2 aromatic heterocycles. The van der Waals surface area contributed by atoms with Crippen LogP contribution in [0, 0.1) is 0 Å². The molecule has 1 N–H and O–H groups in total. The van der Waals surface area contributed by atoms with Crippen LogP contribution in [0.25, 0.3) is 120 Å². The van der Waals surface area contributed by atoms with Crippen LogP contribution in [-0.2, 0) is 10.8 Å². The van der Waals surface area contributed by atoms with E-state index in [2.05, 4.69) is 417 Å². The molecule has 108 heavy (non-hydrogen) atoms. The molecular weight excluding hydrogens is 1370 g/mol. The molecule has 18 aromatic carbocycles. The minimum absolute atomic E-state index is 0. The second kappa shape index (κ2) is 24.6. The number of para-hydroxylation sites is 4. The molecule has 0 fully saturated rings. The van der Waals surface area contributed by atoms with Gasteiger partial charge in [0.15, 0.2) is 0 Å². The van der Waals surface area contributed by atoms with Crippen LogP contribution in [0.3, 0.4) is 0 Å². The number of fused-ring (bicyclic) bond motifs is 14. The maximum Gasteiger partial charge on any atom is 0.0726 e. The summed E-state index contributed by atoms with van der Waals surface area (Å²) in [5.74, 6) is 0. The Balaban J connectivity index is 0.000000114. The standard InChI is InChI=1S/C51H32N2.C30H22N2.C21H11Br.CH4/c1-3-12-33(13-4-1)34-24-26-37(27-25-34)52(38-28-30-48-41(32-38)39-18-7-8-23-46(39)53(48)36-16-5-2-6-17-36)47-31-29-45-50-40(47)19-11-22-44(50)51(45)42-20-9-14-35-15-10-21-43(51)49(35)42;1-3-9-22(10-4-1)23-15-17-24(18-16-23)31-25-19-20-30-28(21-25)27-13-7-8-14-29(27)32(30)26-11-5-2-6-12-26;22-18-11-10-17-20-13(18)6-3-9-16(20)21(17)14-7-1-4-12-5-2-8-15(21)19(12)14;/h1-32H;1-21,31H;1-11H;1H4. The average Bonchev–Trinajstić information content (AvgIpc) is 0.693. The van der Waals surface area contributed by atoms with Crippen molar-refractivity contribution < 1.29 is 0 Å². The molecule has 508 valence electrons. The monoisotopic (exact) mass is 1440 g/mol. The van der Waals surface area contributed by atoms with Crippen LogP contribution in [0.2, 0.25) is 0 Å². The Kier molecular flexibility index (Phi) is 14.4. The van der Waals surface area contributed by atoms with Crippen molar-refractivity contribution in [1.82, 2.24) is 9.13 Å². The highest BCUT2D eigenvalue weighted by Crippen LogP contribution is 2.67. The summed E-state index contributed by atoms with van der Waals surface area (Å²) in [6.07, 6.45) is 0. The minimum atomic E-state index is -0.149. The number of anilines is 5. The lowest BCUT2D eigenvalue weighted by Gasteiger charge is -2.52. The number of aromatic nitrogens is 2. The molecule has 0 bridgehead atoms. The molecule has 0 radical (unpaired) electrons. The van der Waals surface area contributed by atoms with E-state index in [-0.39, 0.29) is 18.3 Å². The van der Waals surface area contributed by atoms with E-state index >= 15 is 0 Å². The van der Waals surface area contributed by atoms with Crippen LogP contribution in [0.15, 0.2) is 393 Å². The van der Waals surface area contributed by atoms with Crippen molar-refractivity contribution in [3.8, 4) is 33.6 Å². The van der Waals surface area contributed by atoms with Crippen LogP contribution >= 0.6 is 15.9 Å². The number of nitrogens with zero attached hydrogens (tertiary/aromatic N) is 3. The van der Waals surface area contributed by atoms with Crippen molar-refractivity contribution in [2.75, 3.05) is 10.2 Å². The topological polar surface area (TPSA) is 25.1 Å². The molecule has 2 heterocycles. The summed E-state index contributed by atoms with van der Waals surface area (Å²) in [6.45, 7) is 0. The Bertz CT molecular complexity index is 6920. The van der Waals surface area contributed by atoms with Crippen molar-refractivity contribution >= 4 is 131 Å². The van der Waals surface area contributed by atoms with Crippen molar-refractivity contribution in [3.05, 3.63) is 437 Å². The highest BCUT2D eigenvalue weighted by molar-refractivity contribution is 9.10. The highest BCUT2D eigenvalue weighted by atomic mass is 79.9. The second-order valence-corrected chi connectivity index (χ2v) is 29.6. The fourth-order valence-electron chi connectivity index (χ4n) is 18.9. The van der Waals surface area contributed by atoms with E-state index in [9.17, 15) is 0 Å². The third-order valence-corrected chi connectivity index (χ3v) is 24.1. The summed E-state index contributed by atoms with van der Waals surface area (Å²) in [4.78, 5) is 2.46. The molecule has 0 saturated carbocycles. The normalized spacial score (nSPS) is 13.1. The first-order valence-electron chi connectivity index (χ1n) is 36.9. The Morgan fingerprint density at radius 3 is 1.13 bits per heavy atom. The van der Waals surface area contributed by atoms with E-state index in [1.807, 2.05) is 6.07 Å². The molecule has 24 rings (SSSR count). The first kappa shape index (κ1) is 63.2. The molecule has 2 spiro atoms. The lowest BCUT2D eigenvalue weighted by atomic mass is 9.49. The molecule has 0 aliphatic heterocycles. The zero-order chi connectivity index (χ0) is 70.5. The molecule has 0 unspecified atom stereocenters. The van der Waals surface area contributed by atoms with E-state index < -0.39 is 0 Å². The Morgan fingerprint density at radius 1 is 0.250 bits per heavy atom. The van der Waals surface area contributed by atoms with Gasteiger partial charge in [-0.1, -0.05) is 302 Å². The van der Waals surface area contributed by atoms with Crippen molar-refractivity contribution in [2.45, 2.75) is 18.3 Å². The van der Waals surface area contributed by atoms with Crippen LogP contribution in [0.1, 0.15) is 51.9 Å². The van der Waals surface area contributed by atoms with Gasteiger partial charge in [-0.05, 0) is 214 Å². The molecule has 5 heteroatoms. The number of hydrogen-bond acceptors (Lipinski definition) is 2. The molecule has 4 aliphatic carbocycles. The van der Waals surface area contributed by atoms with Gasteiger partial charge in [-0.15, -0.1) is 0 Å². The smallest absolute Gasteiger partial charge is 0.0726 e. The van der Waals surface area contributed by atoms with E-state index in [1.165, 1.54) is 175 Å². The van der Waals surface area contributed by atoms with Gasteiger partial charge in [0.2, 0.25) is 0 Å². The van der Waals surface area contributed by atoms with E-state index in [0.717, 1.165) is 22.7 Å². The van der Waals surface area contributed by atoms with Crippen molar-refractivity contribution in [1.29, 1.82) is 0 Å². The van der Waals surface area contributed by atoms with Crippen LogP contribution in [0.5, 0.6) is 0 Å². The van der Waals surface area contributed by atoms with Gasteiger partial charge in [-0.25, -0.2) is 0 Å². The summed E-state index contributed by atoms with van der Waals surface area (Å²) >= 11 is 3.70. The Hall–Kier alpha value is -13.3.